The van der Waals surface area contributed by atoms with Gasteiger partial charge in [0, 0.05) is 25.3 Å². The van der Waals surface area contributed by atoms with Crippen molar-refractivity contribution in [2.75, 3.05) is 13.1 Å². The van der Waals surface area contributed by atoms with Gasteiger partial charge in [-0.15, -0.1) is 0 Å². The van der Waals surface area contributed by atoms with Crippen LogP contribution in [0.4, 0.5) is 0 Å². The Balaban J connectivity index is 2.19. The normalized spacial score (nSPS) is 21.1. The highest BCUT2D eigenvalue weighted by Gasteiger charge is 2.28. The average Bonchev–Trinajstić information content (AvgIpc) is 2.46. The Morgan fingerprint density at radius 3 is 2.85 bits per heavy atom. The van der Waals surface area contributed by atoms with E-state index in [-0.39, 0.29) is 17.9 Å². The maximum atomic E-state index is 12.7. The highest BCUT2D eigenvalue weighted by molar-refractivity contribution is 5.95. The lowest BCUT2D eigenvalue weighted by Gasteiger charge is -2.35. The van der Waals surface area contributed by atoms with Crippen molar-refractivity contribution in [3.05, 3.63) is 23.8 Å². The van der Waals surface area contributed by atoms with Crippen LogP contribution < -0.4 is 5.73 Å². The zero-order chi connectivity index (χ0) is 14.7. The lowest BCUT2D eigenvalue weighted by atomic mass is 9.91. The van der Waals surface area contributed by atoms with Crippen molar-refractivity contribution >= 4 is 5.91 Å². The minimum absolute atomic E-state index is 0.0413. The highest BCUT2D eigenvalue weighted by Crippen LogP contribution is 2.23. The number of rotatable bonds is 3. The molecule has 1 aromatic rings. The van der Waals surface area contributed by atoms with Crippen molar-refractivity contribution in [3.63, 3.8) is 0 Å². The van der Waals surface area contributed by atoms with Gasteiger partial charge < -0.3 is 10.6 Å². The quantitative estimate of drug-likeness (QED) is 0.913. The lowest BCUT2D eigenvalue weighted by molar-refractivity contribution is 0.0658. The first-order chi connectivity index (χ1) is 9.50. The molecule has 1 amide bonds. The van der Waals surface area contributed by atoms with E-state index in [9.17, 15) is 4.79 Å². The van der Waals surface area contributed by atoms with Gasteiger partial charge in [-0.05, 0) is 31.6 Å². The first-order valence-corrected chi connectivity index (χ1v) is 7.35. The summed E-state index contributed by atoms with van der Waals surface area (Å²) in [5.41, 5.74) is 7.44. The van der Waals surface area contributed by atoms with E-state index in [1.54, 1.807) is 6.20 Å². The predicted octanol–water partition coefficient (Wildman–Crippen LogP) is 1.80. The first-order valence-electron chi connectivity index (χ1n) is 7.35. The molecule has 0 saturated carbocycles. The molecule has 0 bridgehead atoms. The zero-order valence-electron chi connectivity index (χ0n) is 12.5. The Bertz CT molecular complexity index is 473. The van der Waals surface area contributed by atoms with E-state index in [0.717, 1.165) is 31.6 Å². The number of nitrogens with zero attached hydrogens (tertiary/aromatic N) is 3. The standard InChI is InChI=1S/C15H24N4O/c1-10(2)14-13(7-17-9-18-14)15(20)19-6-4-5-12(8-19)11(3)16/h7,9-12H,4-6,8,16H2,1-3H3/t11-,12-/m0/s1. The molecular formula is C15H24N4O. The summed E-state index contributed by atoms with van der Waals surface area (Å²) in [4.78, 5) is 22.9. The second-order valence-electron chi connectivity index (χ2n) is 5.99. The first kappa shape index (κ1) is 14.9. The van der Waals surface area contributed by atoms with Crippen LogP contribution in [-0.4, -0.2) is 39.9 Å². The second kappa shape index (κ2) is 6.31. The summed E-state index contributed by atoms with van der Waals surface area (Å²) < 4.78 is 0. The average molecular weight is 276 g/mol. The van der Waals surface area contributed by atoms with Crippen LogP contribution in [0.25, 0.3) is 0 Å². The molecular weight excluding hydrogens is 252 g/mol. The van der Waals surface area contributed by atoms with Gasteiger partial charge in [0.2, 0.25) is 0 Å². The minimum atomic E-state index is 0.0413. The molecule has 0 aliphatic carbocycles. The molecule has 2 N–H and O–H groups in total. The molecule has 110 valence electrons. The smallest absolute Gasteiger partial charge is 0.257 e. The Morgan fingerprint density at radius 2 is 2.20 bits per heavy atom. The number of amides is 1. The van der Waals surface area contributed by atoms with E-state index in [2.05, 4.69) is 9.97 Å². The van der Waals surface area contributed by atoms with Crippen LogP contribution in [0.1, 0.15) is 55.6 Å². The van der Waals surface area contributed by atoms with Crippen LogP contribution in [0.2, 0.25) is 0 Å². The van der Waals surface area contributed by atoms with Gasteiger partial charge >= 0.3 is 0 Å². The summed E-state index contributed by atoms with van der Waals surface area (Å²) in [5.74, 6) is 0.644. The minimum Gasteiger partial charge on any atom is -0.338 e. The van der Waals surface area contributed by atoms with Crippen LogP contribution in [0, 0.1) is 5.92 Å². The number of carbonyl (C=O) groups is 1. The Hall–Kier alpha value is -1.49. The van der Waals surface area contributed by atoms with Crippen molar-refractivity contribution in [1.82, 2.24) is 14.9 Å². The molecule has 1 saturated heterocycles. The van der Waals surface area contributed by atoms with E-state index in [4.69, 9.17) is 5.73 Å². The molecule has 2 heterocycles. The van der Waals surface area contributed by atoms with Crippen LogP contribution in [0.15, 0.2) is 12.5 Å². The summed E-state index contributed by atoms with van der Waals surface area (Å²) in [6.45, 7) is 7.64. The molecule has 0 radical (unpaired) electrons. The van der Waals surface area contributed by atoms with Gasteiger partial charge in [-0.1, -0.05) is 13.8 Å². The number of nitrogens with two attached hydrogens (primary N) is 1. The Kier molecular flexibility index (Phi) is 4.70. The maximum Gasteiger partial charge on any atom is 0.257 e. The van der Waals surface area contributed by atoms with Gasteiger partial charge in [0.1, 0.15) is 6.33 Å². The molecule has 2 atom stereocenters. The molecule has 5 nitrogen and oxygen atoms in total. The summed E-state index contributed by atoms with van der Waals surface area (Å²) >= 11 is 0. The van der Waals surface area contributed by atoms with Crippen LogP contribution >= 0.6 is 0 Å². The van der Waals surface area contributed by atoms with Crippen LogP contribution in [0.3, 0.4) is 0 Å². The molecule has 1 aliphatic rings. The third kappa shape index (κ3) is 3.15. The summed E-state index contributed by atoms with van der Waals surface area (Å²) in [6, 6.07) is 0.127. The maximum absolute atomic E-state index is 12.7. The molecule has 0 spiro atoms. The molecule has 5 heteroatoms. The summed E-state index contributed by atoms with van der Waals surface area (Å²) in [6.07, 6.45) is 5.26. The number of piperidine rings is 1. The van der Waals surface area contributed by atoms with Gasteiger partial charge in [0.15, 0.2) is 0 Å². The van der Waals surface area contributed by atoms with Gasteiger partial charge in [-0.25, -0.2) is 9.97 Å². The van der Waals surface area contributed by atoms with Gasteiger partial charge in [0.05, 0.1) is 11.3 Å². The largest absolute Gasteiger partial charge is 0.338 e. The number of likely N-dealkylation sites (tertiary alicyclic amines) is 1. The van der Waals surface area contributed by atoms with Gasteiger partial charge in [-0.3, -0.25) is 4.79 Å². The molecule has 1 aromatic heterocycles. The Labute approximate surface area is 120 Å². The molecule has 1 aliphatic heterocycles. The molecule has 0 aromatic carbocycles. The number of hydrogen-bond donors (Lipinski definition) is 1. The van der Waals surface area contributed by atoms with E-state index < -0.39 is 0 Å². The van der Waals surface area contributed by atoms with E-state index >= 15 is 0 Å². The fourth-order valence-corrected chi connectivity index (χ4v) is 2.76. The molecule has 20 heavy (non-hydrogen) atoms. The zero-order valence-corrected chi connectivity index (χ0v) is 12.5. The number of aromatic nitrogens is 2. The summed E-state index contributed by atoms with van der Waals surface area (Å²) in [7, 11) is 0. The fraction of sp³-hybridized carbons (Fsp3) is 0.667. The predicted molar refractivity (Wildman–Crippen MR) is 78.4 cm³/mol. The topological polar surface area (TPSA) is 72.1 Å². The third-order valence-electron chi connectivity index (χ3n) is 4.01. The van der Waals surface area contributed by atoms with E-state index in [1.165, 1.54) is 6.33 Å². The second-order valence-corrected chi connectivity index (χ2v) is 5.99. The number of carbonyl (C=O) groups excluding carboxylic acids is 1. The van der Waals surface area contributed by atoms with Crippen molar-refractivity contribution in [2.24, 2.45) is 11.7 Å². The highest BCUT2D eigenvalue weighted by atomic mass is 16.2. The molecule has 0 unspecified atom stereocenters. The van der Waals surface area contributed by atoms with Crippen molar-refractivity contribution in [1.29, 1.82) is 0 Å². The molecule has 1 fully saturated rings. The number of hydrogen-bond acceptors (Lipinski definition) is 4. The molecule has 2 rings (SSSR count). The SMILES string of the molecule is CC(C)c1ncncc1C(=O)N1CCC[C@H]([C@H](C)N)C1. The van der Waals surface area contributed by atoms with Crippen molar-refractivity contribution in [3.8, 4) is 0 Å². The van der Waals surface area contributed by atoms with Crippen molar-refractivity contribution < 1.29 is 4.79 Å². The third-order valence-corrected chi connectivity index (χ3v) is 4.01. The van der Waals surface area contributed by atoms with Crippen LogP contribution in [0.5, 0.6) is 0 Å². The summed E-state index contributed by atoms with van der Waals surface area (Å²) in [5, 5.41) is 0. The van der Waals surface area contributed by atoms with Gasteiger partial charge in [-0.2, -0.15) is 0 Å². The van der Waals surface area contributed by atoms with Gasteiger partial charge in [0.25, 0.3) is 5.91 Å². The monoisotopic (exact) mass is 276 g/mol. The van der Waals surface area contributed by atoms with Crippen LogP contribution in [-0.2, 0) is 0 Å². The fourth-order valence-electron chi connectivity index (χ4n) is 2.76. The Morgan fingerprint density at radius 1 is 1.45 bits per heavy atom. The lowest BCUT2D eigenvalue weighted by Crippen LogP contribution is -2.45. The van der Waals surface area contributed by atoms with E-state index in [0.29, 0.717) is 11.5 Å². The van der Waals surface area contributed by atoms with E-state index in [1.807, 2.05) is 25.7 Å². The van der Waals surface area contributed by atoms with Crippen molar-refractivity contribution in [2.45, 2.75) is 45.6 Å².